The van der Waals surface area contributed by atoms with E-state index in [0.29, 0.717) is 23.7 Å². The molecule has 0 aliphatic rings. The van der Waals surface area contributed by atoms with Crippen molar-refractivity contribution in [2.75, 3.05) is 0 Å². The summed E-state index contributed by atoms with van der Waals surface area (Å²) < 4.78 is 5.91. The van der Waals surface area contributed by atoms with E-state index < -0.39 is 6.10 Å². The fourth-order valence-electron chi connectivity index (χ4n) is 2.67. The van der Waals surface area contributed by atoms with Crippen LogP contribution in [0.5, 0.6) is 5.75 Å². The van der Waals surface area contributed by atoms with Crippen LogP contribution in [0.1, 0.15) is 18.9 Å². The minimum Gasteiger partial charge on any atom is -0.481 e. The van der Waals surface area contributed by atoms with E-state index >= 15 is 0 Å². The Morgan fingerprint density at radius 1 is 1.04 bits per heavy atom. The molecule has 4 heteroatoms. The van der Waals surface area contributed by atoms with Crippen molar-refractivity contribution < 1.29 is 9.53 Å². The quantitative estimate of drug-likeness (QED) is 0.679. The first-order valence-electron chi connectivity index (χ1n) is 8.34. The van der Waals surface area contributed by atoms with Crippen molar-refractivity contribution in [1.82, 2.24) is 5.32 Å². The highest BCUT2D eigenvalue weighted by molar-refractivity contribution is 6.31. The molecular weight excluding hydrogens is 334 g/mol. The number of ether oxygens (including phenoxy) is 1. The van der Waals surface area contributed by atoms with Gasteiger partial charge < -0.3 is 10.1 Å². The maximum atomic E-state index is 12.4. The van der Waals surface area contributed by atoms with Crippen molar-refractivity contribution >= 4 is 28.3 Å². The molecule has 3 nitrogen and oxygen atoms in total. The van der Waals surface area contributed by atoms with Crippen molar-refractivity contribution in [3.05, 3.63) is 77.3 Å². The summed E-state index contributed by atoms with van der Waals surface area (Å²) in [6, 6.07) is 21.4. The van der Waals surface area contributed by atoms with Gasteiger partial charge in [0.15, 0.2) is 6.10 Å². The molecular formula is C21H20ClNO2. The summed E-state index contributed by atoms with van der Waals surface area (Å²) in [6.45, 7) is 2.32. The maximum Gasteiger partial charge on any atom is 0.261 e. The molecule has 0 fully saturated rings. The number of hydrogen-bond acceptors (Lipinski definition) is 2. The second-order valence-electron chi connectivity index (χ2n) is 5.83. The number of hydrogen-bond donors (Lipinski definition) is 1. The van der Waals surface area contributed by atoms with E-state index in [0.717, 1.165) is 16.3 Å². The molecule has 0 bridgehead atoms. The Kier molecular flexibility index (Phi) is 5.56. The average molecular weight is 354 g/mol. The fourth-order valence-corrected chi connectivity index (χ4v) is 2.87. The molecule has 3 aromatic carbocycles. The van der Waals surface area contributed by atoms with Crippen molar-refractivity contribution in [1.29, 1.82) is 0 Å². The van der Waals surface area contributed by atoms with Crippen LogP contribution in [0, 0.1) is 0 Å². The molecule has 0 unspecified atom stereocenters. The number of carbonyl (C=O) groups is 1. The molecule has 128 valence electrons. The second kappa shape index (κ2) is 8.04. The van der Waals surface area contributed by atoms with Crippen LogP contribution in [0.25, 0.3) is 10.8 Å². The highest BCUT2D eigenvalue weighted by atomic mass is 35.5. The third kappa shape index (κ3) is 4.31. The molecule has 0 aliphatic carbocycles. The average Bonchev–Trinajstić information content (AvgIpc) is 2.65. The number of amides is 1. The maximum absolute atomic E-state index is 12.4. The number of nitrogens with one attached hydrogen (secondary N) is 1. The fraction of sp³-hybridized carbons (Fsp3) is 0.190. The monoisotopic (exact) mass is 353 g/mol. The number of halogens is 1. The Balaban J connectivity index is 1.66. The highest BCUT2D eigenvalue weighted by Gasteiger charge is 2.18. The molecule has 1 amide bonds. The smallest absolute Gasteiger partial charge is 0.261 e. The molecule has 3 aromatic rings. The minimum atomic E-state index is -0.538. The van der Waals surface area contributed by atoms with Crippen LogP contribution in [-0.4, -0.2) is 12.0 Å². The van der Waals surface area contributed by atoms with E-state index in [1.54, 1.807) is 0 Å². The van der Waals surface area contributed by atoms with E-state index in [2.05, 4.69) is 5.32 Å². The molecule has 0 spiro atoms. The molecule has 0 radical (unpaired) electrons. The molecule has 0 heterocycles. The van der Waals surface area contributed by atoms with E-state index in [-0.39, 0.29) is 5.91 Å². The van der Waals surface area contributed by atoms with Crippen LogP contribution in [0.2, 0.25) is 5.02 Å². The van der Waals surface area contributed by atoms with Crippen molar-refractivity contribution in [3.8, 4) is 5.75 Å². The summed E-state index contributed by atoms with van der Waals surface area (Å²) in [5, 5.41) is 5.78. The summed E-state index contributed by atoms with van der Waals surface area (Å²) in [6.07, 6.45) is 0.0462. The molecule has 0 aliphatic heterocycles. The molecule has 3 rings (SSSR count). The lowest BCUT2D eigenvalue weighted by Gasteiger charge is -2.18. The molecule has 0 saturated heterocycles. The van der Waals surface area contributed by atoms with Gasteiger partial charge in [-0.25, -0.2) is 0 Å². The zero-order valence-corrected chi connectivity index (χ0v) is 14.8. The third-order valence-corrected chi connectivity index (χ3v) is 4.44. The van der Waals surface area contributed by atoms with Gasteiger partial charge in [0.25, 0.3) is 5.91 Å². The molecule has 0 saturated carbocycles. The number of benzene rings is 3. The Hall–Kier alpha value is -2.52. The summed E-state index contributed by atoms with van der Waals surface area (Å²) in [7, 11) is 0. The Morgan fingerprint density at radius 3 is 2.52 bits per heavy atom. The Morgan fingerprint density at radius 2 is 1.76 bits per heavy atom. The lowest BCUT2D eigenvalue weighted by atomic mass is 10.1. The van der Waals surface area contributed by atoms with Crippen LogP contribution in [-0.2, 0) is 11.3 Å². The zero-order chi connectivity index (χ0) is 17.6. The molecule has 0 aromatic heterocycles. The van der Waals surface area contributed by atoms with Gasteiger partial charge in [-0.05, 0) is 41.0 Å². The first-order chi connectivity index (χ1) is 12.2. The van der Waals surface area contributed by atoms with Crippen molar-refractivity contribution in [3.63, 3.8) is 0 Å². The van der Waals surface area contributed by atoms with Crippen molar-refractivity contribution in [2.45, 2.75) is 26.0 Å². The van der Waals surface area contributed by atoms with Gasteiger partial charge in [0.05, 0.1) is 0 Å². The zero-order valence-electron chi connectivity index (χ0n) is 14.0. The van der Waals surface area contributed by atoms with E-state index in [1.165, 1.54) is 0 Å². The first-order valence-corrected chi connectivity index (χ1v) is 8.71. The molecule has 25 heavy (non-hydrogen) atoms. The molecule has 1 atom stereocenters. The summed E-state index contributed by atoms with van der Waals surface area (Å²) in [5.74, 6) is 0.550. The van der Waals surface area contributed by atoms with Crippen LogP contribution in [0.15, 0.2) is 66.7 Å². The summed E-state index contributed by atoms with van der Waals surface area (Å²) >= 11 is 6.12. The second-order valence-corrected chi connectivity index (χ2v) is 6.24. The predicted molar refractivity (Wildman–Crippen MR) is 102 cm³/mol. The van der Waals surface area contributed by atoms with Crippen LogP contribution in [0.3, 0.4) is 0 Å². The van der Waals surface area contributed by atoms with Gasteiger partial charge in [-0.2, -0.15) is 0 Å². The van der Waals surface area contributed by atoms with Gasteiger partial charge in [-0.3, -0.25) is 4.79 Å². The number of carbonyl (C=O) groups excluding carboxylic acids is 1. The topological polar surface area (TPSA) is 38.3 Å². The van der Waals surface area contributed by atoms with Gasteiger partial charge in [0, 0.05) is 11.6 Å². The standard InChI is InChI=1S/C21H20ClNO2/c1-2-20(21(24)23-14-17-9-5-6-10-19(17)22)25-18-12-11-15-7-3-4-8-16(15)13-18/h3-13,20H,2,14H2,1H3,(H,23,24)/t20-/m1/s1. The summed E-state index contributed by atoms with van der Waals surface area (Å²) in [5.41, 5.74) is 0.887. The van der Waals surface area contributed by atoms with Crippen molar-refractivity contribution in [2.24, 2.45) is 0 Å². The molecule has 1 N–H and O–H groups in total. The lowest BCUT2D eigenvalue weighted by Crippen LogP contribution is -2.37. The normalized spacial score (nSPS) is 11.9. The third-order valence-electron chi connectivity index (χ3n) is 4.07. The van der Waals surface area contributed by atoms with E-state index in [4.69, 9.17) is 16.3 Å². The van der Waals surface area contributed by atoms with Crippen LogP contribution >= 0.6 is 11.6 Å². The largest absolute Gasteiger partial charge is 0.481 e. The van der Waals surface area contributed by atoms with Gasteiger partial charge in [-0.1, -0.05) is 67.1 Å². The van der Waals surface area contributed by atoms with Gasteiger partial charge in [0.1, 0.15) is 5.75 Å². The Bertz CT molecular complexity index is 878. The van der Waals surface area contributed by atoms with Crippen LogP contribution in [0.4, 0.5) is 0 Å². The number of fused-ring (bicyclic) bond motifs is 1. The van der Waals surface area contributed by atoms with Crippen LogP contribution < -0.4 is 10.1 Å². The number of rotatable bonds is 6. The van der Waals surface area contributed by atoms with E-state index in [1.807, 2.05) is 73.7 Å². The minimum absolute atomic E-state index is 0.143. The predicted octanol–water partition coefficient (Wildman–Crippen LogP) is 4.97. The SMILES string of the molecule is CC[C@@H](Oc1ccc2ccccc2c1)C(=O)NCc1ccccc1Cl. The van der Waals surface area contributed by atoms with Gasteiger partial charge >= 0.3 is 0 Å². The highest BCUT2D eigenvalue weighted by Crippen LogP contribution is 2.22. The summed E-state index contributed by atoms with van der Waals surface area (Å²) in [4.78, 5) is 12.4. The first kappa shape index (κ1) is 17.3. The van der Waals surface area contributed by atoms with E-state index in [9.17, 15) is 4.79 Å². The van der Waals surface area contributed by atoms with Gasteiger partial charge in [0.2, 0.25) is 0 Å². The Labute approximate surface area is 152 Å². The van der Waals surface area contributed by atoms with Gasteiger partial charge in [-0.15, -0.1) is 0 Å². The lowest BCUT2D eigenvalue weighted by molar-refractivity contribution is -0.128.